The maximum Gasteiger partial charge on any atom is 0.253 e. The second-order valence-electron chi connectivity index (χ2n) is 7.67. The first-order valence-electron chi connectivity index (χ1n) is 9.85. The largest absolute Gasteiger partial charge is 0.345 e. The van der Waals surface area contributed by atoms with Crippen LogP contribution in [0.15, 0.2) is 66.7 Å². The van der Waals surface area contributed by atoms with Gasteiger partial charge in [-0.3, -0.25) is 14.4 Å². The number of hydrogen-bond acceptors (Lipinski definition) is 3. The molecule has 30 heavy (non-hydrogen) atoms. The highest BCUT2D eigenvalue weighted by atomic mass is 16.2. The van der Waals surface area contributed by atoms with Gasteiger partial charge in [-0.05, 0) is 35.7 Å². The predicted molar refractivity (Wildman–Crippen MR) is 117 cm³/mol. The lowest BCUT2D eigenvalue weighted by atomic mass is 10.1. The molecule has 1 N–H and O–H groups in total. The van der Waals surface area contributed by atoms with Crippen molar-refractivity contribution in [3.63, 3.8) is 0 Å². The van der Waals surface area contributed by atoms with Crippen LogP contribution in [0.25, 0.3) is 10.8 Å². The second-order valence-corrected chi connectivity index (χ2v) is 7.67. The summed E-state index contributed by atoms with van der Waals surface area (Å²) in [6.45, 7) is 0.343. The number of benzene rings is 3. The molecular formula is C24H23N3O3. The summed E-state index contributed by atoms with van der Waals surface area (Å²) < 4.78 is 0. The third kappa shape index (κ3) is 3.76. The summed E-state index contributed by atoms with van der Waals surface area (Å²) in [5, 5.41) is 4.92. The quantitative estimate of drug-likeness (QED) is 0.727. The highest BCUT2D eigenvalue weighted by Gasteiger charge is 2.35. The standard InChI is InChI=1S/C24H23N3O3/c1-26(2)24(30)17-10-12-19(13-11-17)25-23(29)18-14-22(28)27(15-18)21-9-5-7-16-6-3-4-8-20(16)21/h3-13,18H,14-15H2,1-2H3,(H,25,29). The van der Waals surface area contributed by atoms with Gasteiger partial charge >= 0.3 is 0 Å². The fourth-order valence-electron chi connectivity index (χ4n) is 3.76. The molecule has 6 heteroatoms. The molecular weight excluding hydrogens is 378 g/mol. The van der Waals surface area contributed by atoms with E-state index in [1.807, 2.05) is 42.5 Å². The number of amides is 3. The Bertz CT molecular complexity index is 1120. The molecule has 6 nitrogen and oxygen atoms in total. The zero-order valence-electron chi connectivity index (χ0n) is 17.0. The Kier molecular flexibility index (Phi) is 5.23. The molecule has 3 aromatic rings. The molecule has 1 atom stereocenters. The van der Waals surface area contributed by atoms with Crippen molar-refractivity contribution in [1.82, 2.24) is 4.90 Å². The smallest absolute Gasteiger partial charge is 0.253 e. The molecule has 0 bridgehead atoms. The van der Waals surface area contributed by atoms with Gasteiger partial charge in [0.1, 0.15) is 0 Å². The van der Waals surface area contributed by atoms with E-state index in [1.165, 1.54) is 4.90 Å². The van der Waals surface area contributed by atoms with E-state index in [9.17, 15) is 14.4 Å². The maximum atomic E-state index is 12.8. The highest BCUT2D eigenvalue weighted by Crippen LogP contribution is 2.32. The zero-order valence-corrected chi connectivity index (χ0v) is 17.0. The van der Waals surface area contributed by atoms with E-state index in [2.05, 4.69) is 5.32 Å². The van der Waals surface area contributed by atoms with Crippen molar-refractivity contribution in [3.8, 4) is 0 Å². The Labute approximate surface area is 175 Å². The second kappa shape index (κ2) is 7.99. The van der Waals surface area contributed by atoms with Gasteiger partial charge < -0.3 is 15.1 Å². The monoisotopic (exact) mass is 401 g/mol. The molecule has 1 aliphatic rings. The molecule has 152 valence electrons. The van der Waals surface area contributed by atoms with Crippen molar-refractivity contribution < 1.29 is 14.4 Å². The van der Waals surface area contributed by atoms with Crippen LogP contribution < -0.4 is 10.2 Å². The van der Waals surface area contributed by atoms with Gasteiger partial charge in [-0.15, -0.1) is 0 Å². The number of rotatable bonds is 4. The van der Waals surface area contributed by atoms with Crippen LogP contribution in [-0.2, 0) is 9.59 Å². The highest BCUT2D eigenvalue weighted by molar-refractivity contribution is 6.08. The van der Waals surface area contributed by atoms with E-state index in [1.54, 1.807) is 43.3 Å². The van der Waals surface area contributed by atoms with E-state index < -0.39 is 5.92 Å². The van der Waals surface area contributed by atoms with Crippen LogP contribution in [0.2, 0.25) is 0 Å². The average Bonchev–Trinajstić information content (AvgIpc) is 3.15. The van der Waals surface area contributed by atoms with Gasteiger partial charge in [-0.25, -0.2) is 0 Å². The summed E-state index contributed by atoms with van der Waals surface area (Å²) in [4.78, 5) is 40.6. The fourth-order valence-corrected chi connectivity index (χ4v) is 3.76. The normalized spacial score (nSPS) is 16.0. The fraction of sp³-hybridized carbons (Fsp3) is 0.208. The molecule has 3 aromatic carbocycles. The Morgan fingerprint density at radius 2 is 1.67 bits per heavy atom. The molecule has 0 spiro atoms. The van der Waals surface area contributed by atoms with Crippen molar-refractivity contribution in [3.05, 3.63) is 72.3 Å². The molecule has 3 amide bonds. The van der Waals surface area contributed by atoms with Crippen LogP contribution in [0, 0.1) is 5.92 Å². The van der Waals surface area contributed by atoms with Crippen molar-refractivity contribution >= 4 is 39.9 Å². The van der Waals surface area contributed by atoms with E-state index in [0.717, 1.165) is 16.5 Å². The van der Waals surface area contributed by atoms with E-state index in [0.29, 0.717) is 17.8 Å². The summed E-state index contributed by atoms with van der Waals surface area (Å²) in [7, 11) is 3.38. The van der Waals surface area contributed by atoms with Gasteiger partial charge in [0.15, 0.2) is 0 Å². The van der Waals surface area contributed by atoms with Crippen LogP contribution in [-0.4, -0.2) is 43.3 Å². The van der Waals surface area contributed by atoms with E-state index >= 15 is 0 Å². The lowest BCUT2D eigenvalue weighted by molar-refractivity contribution is -0.122. The number of anilines is 2. The summed E-state index contributed by atoms with van der Waals surface area (Å²) >= 11 is 0. The Hall–Kier alpha value is -3.67. The molecule has 0 aliphatic carbocycles. The molecule has 1 saturated heterocycles. The molecule has 1 fully saturated rings. The van der Waals surface area contributed by atoms with Gasteiger partial charge in [-0.2, -0.15) is 0 Å². The summed E-state index contributed by atoms with van der Waals surface area (Å²) in [6, 6.07) is 20.5. The summed E-state index contributed by atoms with van der Waals surface area (Å²) in [5.41, 5.74) is 1.99. The van der Waals surface area contributed by atoms with Gasteiger partial charge in [0, 0.05) is 43.7 Å². The van der Waals surface area contributed by atoms with Crippen LogP contribution in [0.4, 0.5) is 11.4 Å². The Balaban J connectivity index is 1.47. The third-order valence-corrected chi connectivity index (χ3v) is 5.36. The molecule has 1 heterocycles. The number of fused-ring (bicyclic) bond motifs is 1. The van der Waals surface area contributed by atoms with Gasteiger partial charge in [-0.1, -0.05) is 36.4 Å². The van der Waals surface area contributed by atoms with Gasteiger partial charge in [0.05, 0.1) is 11.6 Å². The average molecular weight is 401 g/mol. The number of carbonyl (C=O) groups is 3. The third-order valence-electron chi connectivity index (χ3n) is 5.36. The first kappa shape index (κ1) is 19.6. The zero-order chi connectivity index (χ0) is 21.3. The lowest BCUT2D eigenvalue weighted by Gasteiger charge is -2.19. The number of carbonyl (C=O) groups excluding carboxylic acids is 3. The van der Waals surface area contributed by atoms with E-state index in [4.69, 9.17) is 0 Å². The minimum atomic E-state index is -0.431. The number of nitrogens with zero attached hydrogens (tertiary/aromatic N) is 2. The summed E-state index contributed by atoms with van der Waals surface area (Å²) in [5.74, 6) is -0.782. The van der Waals surface area contributed by atoms with Crippen LogP contribution in [0.3, 0.4) is 0 Å². The molecule has 0 aromatic heterocycles. The first-order chi connectivity index (χ1) is 14.4. The van der Waals surface area contributed by atoms with Crippen LogP contribution in [0.1, 0.15) is 16.8 Å². The Morgan fingerprint density at radius 1 is 0.967 bits per heavy atom. The SMILES string of the molecule is CN(C)C(=O)c1ccc(NC(=O)C2CC(=O)N(c3cccc4ccccc34)C2)cc1. The van der Waals surface area contributed by atoms with Crippen molar-refractivity contribution in [1.29, 1.82) is 0 Å². The van der Waals surface area contributed by atoms with Crippen molar-refractivity contribution in [2.45, 2.75) is 6.42 Å². The van der Waals surface area contributed by atoms with Gasteiger partial charge in [0.25, 0.3) is 5.91 Å². The predicted octanol–water partition coefficient (Wildman–Crippen LogP) is 3.53. The molecule has 0 radical (unpaired) electrons. The molecule has 1 aliphatic heterocycles. The first-order valence-corrected chi connectivity index (χ1v) is 9.85. The van der Waals surface area contributed by atoms with Gasteiger partial charge in [0.2, 0.25) is 11.8 Å². The minimum absolute atomic E-state index is 0.0570. The van der Waals surface area contributed by atoms with Crippen molar-refractivity contribution in [2.75, 3.05) is 30.9 Å². The molecule has 0 saturated carbocycles. The molecule has 1 unspecified atom stereocenters. The van der Waals surface area contributed by atoms with Crippen LogP contribution >= 0.6 is 0 Å². The maximum absolute atomic E-state index is 12.8. The number of hydrogen-bond donors (Lipinski definition) is 1. The summed E-state index contributed by atoms with van der Waals surface area (Å²) in [6.07, 6.45) is 0.173. The lowest BCUT2D eigenvalue weighted by Crippen LogP contribution is -2.28. The van der Waals surface area contributed by atoms with Crippen molar-refractivity contribution in [2.24, 2.45) is 5.92 Å². The topological polar surface area (TPSA) is 69.7 Å². The van der Waals surface area contributed by atoms with Crippen LogP contribution in [0.5, 0.6) is 0 Å². The molecule has 4 rings (SSSR count). The minimum Gasteiger partial charge on any atom is -0.345 e. The Morgan fingerprint density at radius 3 is 2.40 bits per heavy atom. The van der Waals surface area contributed by atoms with E-state index in [-0.39, 0.29) is 24.1 Å². The number of nitrogens with one attached hydrogen (secondary N) is 1.